The summed E-state index contributed by atoms with van der Waals surface area (Å²) in [6, 6.07) is 8.68. The van der Waals surface area contributed by atoms with Crippen LogP contribution in [0.2, 0.25) is 0 Å². The summed E-state index contributed by atoms with van der Waals surface area (Å²) >= 11 is 5.29. The Morgan fingerprint density at radius 3 is 2.59 bits per heavy atom. The number of carbonyl (C=O) groups is 1. The van der Waals surface area contributed by atoms with Gasteiger partial charge in [0.1, 0.15) is 5.82 Å². The van der Waals surface area contributed by atoms with Gasteiger partial charge in [-0.2, -0.15) is 5.10 Å². The summed E-state index contributed by atoms with van der Waals surface area (Å²) < 4.78 is 2.77. The predicted molar refractivity (Wildman–Crippen MR) is 110 cm³/mol. The number of benzene rings is 1. The van der Waals surface area contributed by atoms with Crippen molar-refractivity contribution in [1.82, 2.24) is 19.7 Å². The number of unbranched alkanes of at least 4 members (excludes halogenated alkanes) is 1. The van der Waals surface area contributed by atoms with E-state index in [4.69, 9.17) is 12.2 Å². The van der Waals surface area contributed by atoms with Crippen molar-refractivity contribution in [3.05, 3.63) is 46.0 Å². The van der Waals surface area contributed by atoms with Gasteiger partial charge in [-0.05, 0) is 63.7 Å². The summed E-state index contributed by atoms with van der Waals surface area (Å²) in [5.41, 5.74) is 2.65. The van der Waals surface area contributed by atoms with Gasteiger partial charge in [-0.1, -0.05) is 29.8 Å². The summed E-state index contributed by atoms with van der Waals surface area (Å²) in [4.78, 5) is 14.5. The summed E-state index contributed by atoms with van der Waals surface area (Å²) in [5, 5.41) is 7.32. The van der Waals surface area contributed by atoms with Gasteiger partial charge in [-0.25, -0.2) is 0 Å². The average molecular weight is 387 g/mol. The fourth-order valence-electron chi connectivity index (χ4n) is 3.85. The molecule has 6 heteroatoms. The zero-order chi connectivity index (χ0) is 19.2. The SMILES string of the molecule is CCn1c(C2CCN(C(=O)CCCCc3ccc(C)cc3)CC2)n[nH]c1=S. The number of piperidine rings is 1. The van der Waals surface area contributed by atoms with Crippen molar-refractivity contribution < 1.29 is 4.79 Å². The van der Waals surface area contributed by atoms with Crippen LogP contribution < -0.4 is 0 Å². The highest BCUT2D eigenvalue weighted by Crippen LogP contribution is 2.27. The van der Waals surface area contributed by atoms with Crippen LogP contribution in [-0.4, -0.2) is 38.7 Å². The molecule has 2 aromatic rings. The molecule has 0 bridgehead atoms. The first-order chi connectivity index (χ1) is 13.1. The van der Waals surface area contributed by atoms with Crippen LogP contribution in [0, 0.1) is 11.7 Å². The van der Waals surface area contributed by atoms with Crippen molar-refractivity contribution in [1.29, 1.82) is 0 Å². The van der Waals surface area contributed by atoms with Crippen LogP contribution in [0.15, 0.2) is 24.3 Å². The molecule has 0 atom stereocenters. The van der Waals surface area contributed by atoms with Crippen molar-refractivity contribution in [3.8, 4) is 0 Å². The third kappa shape index (κ3) is 5.06. The quantitative estimate of drug-likeness (QED) is 0.567. The molecule has 0 aliphatic carbocycles. The van der Waals surface area contributed by atoms with Gasteiger partial charge in [-0.15, -0.1) is 0 Å². The molecule has 0 saturated carbocycles. The highest BCUT2D eigenvalue weighted by atomic mass is 32.1. The summed E-state index contributed by atoms with van der Waals surface area (Å²) in [6.07, 6.45) is 5.67. The molecule has 5 nitrogen and oxygen atoms in total. The van der Waals surface area contributed by atoms with Crippen LogP contribution in [0.3, 0.4) is 0 Å². The lowest BCUT2D eigenvalue weighted by Gasteiger charge is -2.31. The number of rotatable bonds is 7. The van der Waals surface area contributed by atoms with Gasteiger partial charge in [0.15, 0.2) is 4.77 Å². The Kier molecular flexibility index (Phi) is 6.83. The minimum absolute atomic E-state index is 0.298. The second-order valence-electron chi connectivity index (χ2n) is 7.48. The predicted octanol–water partition coefficient (Wildman–Crippen LogP) is 4.39. The van der Waals surface area contributed by atoms with Gasteiger partial charge >= 0.3 is 0 Å². The van der Waals surface area contributed by atoms with E-state index in [9.17, 15) is 4.79 Å². The monoisotopic (exact) mass is 386 g/mol. The number of hydrogen-bond donors (Lipinski definition) is 1. The van der Waals surface area contributed by atoms with Gasteiger partial charge in [0.05, 0.1) is 0 Å². The molecule has 1 fully saturated rings. The molecular weight excluding hydrogens is 356 g/mol. The first-order valence-corrected chi connectivity index (χ1v) is 10.5. The molecule has 146 valence electrons. The van der Waals surface area contributed by atoms with E-state index >= 15 is 0 Å². The highest BCUT2D eigenvalue weighted by molar-refractivity contribution is 7.71. The van der Waals surface area contributed by atoms with Gasteiger partial charge in [-0.3, -0.25) is 9.89 Å². The number of likely N-dealkylation sites (tertiary alicyclic amines) is 1. The van der Waals surface area contributed by atoms with Crippen molar-refractivity contribution in [2.24, 2.45) is 0 Å². The lowest BCUT2D eigenvalue weighted by molar-refractivity contribution is -0.132. The highest BCUT2D eigenvalue weighted by Gasteiger charge is 2.26. The van der Waals surface area contributed by atoms with Gasteiger partial charge in [0, 0.05) is 32.0 Å². The van der Waals surface area contributed by atoms with E-state index in [1.807, 2.05) is 4.90 Å². The molecule has 0 unspecified atom stereocenters. The average Bonchev–Trinajstić information content (AvgIpc) is 3.07. The van der Waals surface area contributed by atoms with Crippen LogP contribution in [-0.2, 0) is 17.8 Å². The molecule has 1 amide bonds. The largest absolute Gasteiger partial charge is 0.343 e. The van der Waals surface area contributed by atoms with Crippen LogP contribution in [0.5, 0.6) is 0 Å². The molecule has 0 radical (unpaired) electrons. The Labute approximate surface area is 166 Å². The molecule has 1 N–H and O–H groups in total. The Bertz CT molecular complexity index is 800. The maximum atomic E-state index is 12.5. The standard InChI is InChI=1S/C21H30N4OS/c1-3-25-20(22-23-21(25)27)18-12-14-24(15-13-18)19(26)7-5-4-6-17-10-8-16(2)9-11-17/h8-11,18H,3-7,12-15H2,1-2H3,(H,23,27). The minimum Gasteiger partial charge on any atom is -0.343 e. The van der Waals surface area contributed by atoms with E-state index in [0.717, 1.165) is 57.6 Å². The van der Waals surface area contributed by atoms with E-state index in [1.54, 1.807) is 0 Å². The Hall–Kier alpha value is -1.95. The maximum Gasteiger partial charge on any atom is 0.222 e. The lowest BCUT2D eigenvalue weighted by Crippen LogP contribution is -2.38. The van der Waals surface area contributed by atoms with E-state index in [1.165, 1.54) is 11.1 Å². The second-order valence-corrected chi connectivity index (χ2v) is 7.87. The zero-order valence-electron chi connectivity index (χ0n) is 16.4. The Morgan fingerprint density at radius 1 is 1.22 bits per heavy atom. The third-order valence-corrected chi connectivity index (χ3v) is 5.86. The van der Waals surface area contributed by atoms with Crippen LogP contribution >= 0.6 is 12.2 Å². The number of carbonyl (C=O) groups excluding carboxylic acids is 1. The molecule has 2 heterocycles. The zero-order valence-corrected chi connectivity index (χ0v) is 17.2. The van der Waals surface area contributed by atoms with Crippen LogP contribution in [0.1, 0.15) is 61.9 Å². The molecule has 1 saturated heterocycles. The number of nitrogens with zero attached hydrogens (tertiary/aromatic N) is 3. The van der Waals surface area contributed by atoms with Crippen molar-refractivity contribution in [2.45, 2.75) is 64.8 Å². The Morgan fingerprint density at radius 2 is 1.93 bits per heavy atom. The molecule has 1 aliphatic heterocycles. The van der Waals surface area contributed by atoms with Crippen LogP contribution in [0.4, 0.5) is 0 Å². The number of aryl methyl sites for hydroxylation is 2. The number of nitrogens with one attached hydrogen (secondary N) is 1. The van der Waals surface area contributed by atoms with Crippen LogP contribution in [0.25, 0.3) is 0 Å². The summed E-state index contributed by atoms with van der Waals surface area (Å²) in [5.74, 6) is 1.74. The first-order valence-electron chi connectivity index (χ1n) is 10.1. The lowest BCUT2D eigenvalue weighted by atomic mass is 9.95. The topological polar surface area (TPSA) is 53.9 Å². The molecular formula is C21H30N4OS. The second kappa shape index (κ2) is 9.31. The smallest absolute Gasteiger partial charge is 0.222 e. The van der Waals surface area contributed by atoms with Gasteiger partial charge in [0.2, 0.25) is 5.91 Å². The molecule has 1 aromatic carbocycles. The molecule has 1 aliphatic rings. The normalized spacial score (nSPS) is 15.3. The van der Waals surface area contributed by atoms with Crippen molar-refractivity contribution in [2.75, 3.05) is 13.1 Å². The first kappa shape index (κ1) is 19.8. The molecule has 27 heavy (non-hydrogen) atoms. The van der Waals surface area contributed by atoms with E-state index < -0.39 is 0 Å². The molecule has 0 spiro atoms. The number of amides is 1. The fourth-order valence-corrected chi connectivity index (χ4v) is 4.12. The van der Waals surface area contributed by atoms with Gasteiger partial charge < -0.3 is 9.47 Å². The maximum absolute atomic E-state index is 12.5. The number of H-pyrrole nitrogens is 1. The van der Waals surface area contributed by atoms with Crippen molar-refractivity contribution >= 4 is 18.1 Å². The Balaban J connectivity index is 1.40. The van der Waals surface area contributed by atoms with E-state index in [0.29, 0.717) is 23.0 Å². The minimum atomic E-state index is 0.298. The summed E-state index contributed by atoms with van der Waals surface area (Å²) in [6.45, 7) is 6.68. The number of hydrogen-bond acceptors (Lipinski definition) is 3. The number of aromatic nitrogens is 3. The fraction of sp³-hybridized carbons (Fsp3) is 0.571. The molecule has 1 aromatic heterocycles. The van der Waals surface area contributed by atoms with Gasteiger partial charge in [0.25, 0.3) is 0 Å². The van der Waals surface area contributed by atoms with E-state index in [-0.39, 0.29) is 0 Å². The molecule has 3 rings (SSSR count). The van der Waals surface area contributed by atoms with Crippen molar-refractivity contribution in [3.63, 3.8) is 0 Å². The third-order valence-electron chi connectivity index (χ3n) is 5.54. The van der Waals surface area contributed by atoms with E-state index in [2.05, 4.69) is 52.9 Å². The summed E-state index contributed by atoms with van der Waals surface area (Å²) in [7, 11) is 0. The number of aromatic amines is 1.